The van der Waals surface area contributed by atoms with Crippen LogP contribution in [0.1, 0.15) is 72.1 Å². The van der Waals surface area contributed by atoms with E-state index >= 15 is 0 Å². The zero-order chi connectivity index (χ0) is 17.5. The van der Waals surface area contributed by atoms with Crippen LogP contribution in [0.25, 0.3) is 0 Å². The van der Waals surface area contributed by atoms with Gasteiger partial charge in [0.2, 0.25) is 0 Å². The van der Waals surface area contributed by atoms with Crippen molar-refractivity contribution in [2.75, 3.05) is 0 Å². The predicted molar refractivity (Wildman–Crippen MR) is 91.0 cm³/mol. The maximum absolute atomic E-state index is 10.3. The number of aliphatic carboxylic acids is 2. The molecule has 0 aliphatic heterocycles. The molecule has 0 radical (unpaired) electrons. The first kappa shape index (κ1) is 22.7. The van der Waals surface area contributed by atoms with Gasteiger partial charge in [0.05, 0.1) is 0 Å². The fourth-order valence-corrected chi connectivity index (χ4v) is 1.62. The molecule has 0 saturated heterocycles. The van der Waals surface area contributed by atoms with Gasteiger partial charge in [0.25, 0.3) is 0 Å². The van der Waals surface area contributed by atoms with E-state index in [2.05, 4.69) is 33.9 Å². The Morgan fingerprint density at radius 2 is 1.32 bits per heavy atom. The average molecular weight is 312 g/mol. The highest BCUT2D eigenvalue weighted by molar-refractivity contribution is 5.85. The summed E-state index contributed by atoms with van der Waals surface area (Å²) in [5.41, 5.74) is 0.653. The van der Waals surface area contributed by atoms with Crippen LogP contribution in [0.15, 0.2) is 24.3 Å². The predicted octanol–water partition coefficient (Wildman–Crippen LogP) is 5.05. The first-order chi connectivity index (χ1) is 10.2. The Bertz CT molecular complexity index is 356. The number of hydrogen-bond acceptors (Lipinski definition) is 2. The van der Waals surface area contributed by atoms with Crippen molar-refractivity contribution in [3.05, 3.63) is 24.3 Å². The van der Waals surface area contributed by atoms with Crippen molar-refractivity contribution < 1.29 is 19.8 Å². The smallest absolute Gasteiger partial charge is 0.330 e. The Balaban J connectivity index is 0. The standard InChI is InChI=1S/C10H18O2.C8H14O2/c1-3-4-5-6-7-8-9(2)10(11)12;1-6(2)4-5-7(3)8(9)10/h2-8H2,1H3,(H,11,12);6H,3-5H2,1-2H3,(H,9,10). The molecule has 0 heterocycles. The number of unbranched alkanes of at least 4 members (excludes halogenated alkanes) is 4. The second-order valence-corrected chi connectivity index (χ2v) is 5.91. The third kappa shape index (κ3) is 16.5. The monoisotopic (exact) mass is 312 g/mol. The van der Waals surface area contributed by atoms with Crippen LogP contribution in [0.4, 0.5) is 0 Å². The normalized spacial score (nSPS) is 9.82. The van der Waals surface area contributed by atoms with Gasteiger partial charge in [-0.05, 0) is 31.6 Å². The molecule has 0 aromatic rings. The minimum atomic E-state index is -0.874. The summed E-state index contributed by atoms with van der Waals surface area (Å²) in [6.07, 6.45) is 7.92. The van der Waals surface area contributed by atoms with Crippen LogP contribution in [0.2, 0.25) is 0 Å². The summed E-state index contributed by atoms with van der Waals surface area (Å²) >= 11 is 0. The molecular formula is C18H32O4. The van der Waals surface area contributed by atoms with Crippen LogP contribution in [-0.4, -0.2) is 22.2 Å². The number of hydrogen-bond donors (Lipinski definition) is 2. The second kappa shape index (κ2) is 14.4. The van der Waals surface area contributed by atoms with Crippen molar-refractivity contribution in [2.45, 2.75) is 72.1 Å². The average Bonchev–Trinajstić information content (AvgIpc) is 2.44. The van der Waals surface area contributed by atoms with E-state index in [4.69, 9.17) is 10.2 Å². The van der Waals surface area contributed by atoms with Crippen molar-refractivity contribution in [3.63, 3.8) is 0 Å². The molecule has 22 heavy (non-hydrogen) atoms. The van der Waals surface area contributed by atoms with Gasteiger partial charge in [-0.15, -0.1) is 0 Å². The lowest BCUT2D eigenvalue weighted by molar-refractivity contribution is -0.133. The summed E-state index contributed by atoms with van der Waals surface area (Å²) in [6, 6.07) is 0. The summed E-state index contributed by atoms with van der Waals surface area (Å²) in [6.45, 7) is 13.2. The lowest BCUT2D eigenvalue weighted by atomic mass is 10.0. The van der Waals surface area contributed by atoms with Crippen LogP contribution in [0, 0.1) is 5.92 Å². The highest BCUT2D eigenvalue weighted by atomic mass is 16.4. The highest BCUT2D eigenvalue weighted by Gasteiger charge is 2.04. The maximum Gasteiger partial charge on any atom is 0.330 e. The highest BCUT2D eigenvalue weighted by Crippen LogP contribution is 2.10. The van der Waals surface area contributed by atoms with Crippen LogP contribution >= 0.6 is 0 Å². The number of rotatable bonds is 11. The molecule has 0 aromatic carbocycles. The fourth-order valence-electron chi connectivity index (χ4n) is 1.62. The quantitative estimate of drug-likeness (QED) is 0.413. The zero-order valence-corrected chi connectivity index (χ0v) is 14.4. The van der Waals surface area contributed by atoms with Gasteiger partial charge >= 0.3 is 11.9 Å². The molecule has 0 bridgehead atoms. The Hall–Kier alpha value is -1.58. The van der Waals surface area contributed by atoms with Gasteiger partial charge in [-0.1, -0.05) is 59.6 Å². The molecule has 0 aromatic heterocycles. The van der Waals surface area contributed by atoms with E-state index in [1.807, 2.05) is 0 Å². The molecular weight excluding hydrogens is 280 g/mol. The number of carboxylic acids is 2. The molecule has 2 N–H and O–H groups in total. The third-order valence-electron chi connectivity index (χ3n) is 3.21. The molecule has 0 unspecified atom stereocenters. The van der Waals surface area contributed by atoms with E-state index in [-0.39, 0.29) is 0 Å². The third-order valence-corrected chi connectivity index (χ3v) is 3.21. The Morgan fingerprint density at radius 1 is 0.864 bits per heavy atom. The van der Waals surface area contributed by atoms with E-state index in [9.17, 15) is 9.59 Å². The SMILES string of the molecule is C=C(CCC(C)C)C(=O)O.C=C(CCCCCCC)C(=O)O. The summed E-state index contributed by atoms with van der Waals surface area (Å²) in [7, 11) is 0. The molecule has 0 fully saturated rings. The summed E-state index contributed by atoms with van der Waals surface area (Å²) < 4.78 is 0. The molecule has 4 heteroatoms. The van der Waals surface area contributed by atoms with Crippen molar-refractivity contribution in [1.82, 2.24) is 0 Å². The second-order valence-electron chi connectivity index (χ2n) is 5.91. The molecule has 128 valence electrons. The van der Waals surface area contributed by atoms with Gasteiger partial charge in [0, 0.05) is 11.1 Å². The molecule has 0 rings (SSSR count). The molecule has 0 saturated carbocycles. The van der Waals surface area contributed by atoms with Crippen molar-refractivity contribution in [2.24, 2.45) is 5.92 Å². The molecule has 0 spiro atoms. The number of carbonyl (C=O) groups is 2. The van der Waals surface area contributed by atoms with E-state index in [1.165, 1.54) is 19.3 Å². The van der Waals surface area contributed by atoms with E-state index < -0.39 is 11.9 Å². The lowest BCUT2D eigenvalue weighted by Gasteiger charge is -2.02. The summed E-state index contributed by atoms with van der Waals surface area (Å²) in [5, 5.41) is 16.9. The molecule has 0 amide bonds. The lowest BCUT2D eigenvalue weighted by Crippen LogP contribution is -2.00. The fraction of sp³-hybridized carbons (Fsp3) is 0.667. The number of carboxylic acid groups (broad SMARTS) is 2. The maximum atomic E-state index is 10.3. The van der Waals surface area contributed by atoms with Gasteiger partial charge in [-0.2, -0.15) is 0 Å². The van der Waals surface area contributed by atoms with E-state index in [0.29, 0.717) is 29.9 Å². The van der Waals surface area contributed by atoms with Crippen molar-refractivity contribution in [3.8, 4) is 0 Å². The first-order valence-corrected chi connectivity index (χ1v) is 8.04. The van der Waals surface area contributed by atoms with Gasteiger partial charge in [0.1, 0.15) is 0 Å². The summed E-state index contributed by atoms with van der Waals surface area (Å²) in [4.78, 5) is 20.5. The Kier molecular flexibility index (Phi) is 14.8. The van der Waals surface area contributed by atoms with Crippen molar-refractivity contribution >= 4 is 11.9 Å². The zero-order valence-electron chi connectivity index (χ0n) is 14.4. The van der Waals surface area contributed by atoms with Gasteiger partial charge in [0.15, 0.2) is 0 Å². The first-order valence-electron chi connectivity index (χ1n) is 8.04. The molecule has 4 nitrogen and oxygen atoms in total. The van der Waals surface area contributed by atoms with Crippen LogP contribution in [-0.2, 0) is 9.59 Å². The van der Waals surface area contributed by atoms with Crippen LogP contribution < -0.4 is 0 Å². The van der Waals surface area contributed by atoms with Crippen LogP contribution in [0.5, 0.6) is 0 Å². The topological polar surface area (TPSA) is 74.6 Å². The van der Waals surface area contributed by atoms with Crippen molar-refractivity contribution in [1.29, 1.82) is 0 Å². The molecule has 0 atom stereocenters. The van der Waals surface area contributed by atoms with Gasteiger partial charge in [-0.25, -0.2) is 9.59 Å². The molecule has 0 aliphatic rings. The summed E-state index contributed by atoms with van der Waals surface area (Å²) in [5.74, 6) is -1.18. The Morgan fingerprint density at radius 3 is 1.73 bits per heavy atom. The Labute approximate surface area is 134 Å². The minimum absolute atomic E-state index is 0.314. The molecule has 0 aliphatic carbocycles. The van der Waals surface area contributed by atoms with E-state index in [0.717, 1.165) is 19.3 Å². The van der Waals surface area contributed by atoms with Crippen LogP contribution in [0.3, 0.4) is 0 Å². The van der Waals surface area contributed by atoms with E-state index in [1.54, 1.807) is 0 Å². The van der Waals surface area contributed by atoms with Gasteiger partial charge < -0.3 is 10.2 Å². The minimum Gasteiger partial charge on any atom is -0.478 e. The largest absolute Gasteiger partial charge is 0.478 e. The van der Waals surface area contributed by atoms with Gasteiger partial charge in [-0.3, -0.25) is 0 Å².